The average molecular weight is 383 g/mol. The van der Waals surface area contributed by atoms with E-state index in [0.717, 1.165) is 22.8 Å². The van der Waals surface area contributed by atoms with Crippen molar-refractivity contribution in [3.05, 3.63) is 52.2 Å². The summed E-state index contributed by atoms with van der Waals surface area (Å²) in [4.78, 5) is 30.5. The zero-order chi connectivity index (χ0) is 19.1. The summed E-state index contributed by atoms with van der Waals surface area (Å²) >= 11 is 1.78. The van der Waals surface area contributed by atoms with Gasteiger partial charge in [0.15, 0.2) is 0 Å². The van der Waals surface area contributed by atoms with Crippen LogP contribution in [0.5, 0.6) is 0 Å². The van der Waals surface area contributed by atoms with Crippen LogP contribution in [-0.2, 0) is 23.3 Å². The Labute approximate surface area is 160 Å². The van der Waals surface area contributed by atoms with Crippen molar-refractivity contribution in [3.8, 4) is 0 Å². The third-order valence-electron chi connectivity index (χ3n) is 4.85. The standard InChI is InChI=1S/C19H21N5O2S/c1-11(2)16(24-10-20-14-7-5-4-6-12(14)19(24)26)18(25)21-17-13-8-27-9-15(13)22-23(17)3/h4-7,10-11,16H,8-9H2,1-3H3,(H,21,25). The van der Waals surface area contributed by atoms with E-state index in [0.29, 0.717) is 16.7 Å². The van der Waals surface area contributed by atoms with Crippen molar-refractivity contribution in [2.45, 2.75) is 31.4 Å². The number of anilines is 1. The molecule has 0 saturated heterocycles. The van der Waals surface area contributed by atoms with Gasteiger partial charge in [-0.3, -0.25) is 18.8 Å². The maximum absolute atomic E-state index is 13.1. The van der Waals surface area contributed by atoms with Crippen molar-refractivity contribution < 1.29 is 4.79 Å². The van der Waals surface area contributed by atoms with Gasteiger partial charge in [-0.1, -0.05) is 26.0 Å². The summed E-state index contributed by atoms with van der Waals surface area (Å²) < 4.78 is 3.15. The minimum atomic E-state index is -0.658. The highest BCUT2D eigenvalue weighted by molar-refractivity contribution is 7.98. The second-order valence-electron chi connectivity index (χ2n) is 7.04. The van der Waals surface area contributed by atoms with E-state index in [1.165, 1.54) is 10.9 Å². The predicted octanol–water partition coefficient (Wildman–Crippen LogP) is 2.71. The van der Waals surface area contributed by atoms with Gasteiger partial charge >= 0.3 is 0 Å². The van der Waals surface area contributed by atoms with Gasteiger partial charge in [-0.15, -0.1) is 0 Å². The molecule has 4 rings (SSSR count). The zero-order valence-electron chi connectivity index (χ0n) is 15.5. The Morgan fingerprint density at radius 1 is 1.26 bits per heavy atom. The van der Waals surface area contributed by atoms with Gasteiger partial charge in [-0.25, -0.2) is 4.98 Å². The molecule has 8 heteroatoms. The number of nitrogens with one attached hydrogen (secondary N) is 1. The molecule has 7 nitrogen and oxygen atoms in total. The van der Waals surface area contributed by atoms with E-state index in [9.17, 15) is 9.59 Å². The Kier molecular flexibility index (Phi) is 4.51. The highest BCUT2D eigenvalue weighted by Crippen LogP contribution is 2.34. The number of carbonyl (C=O) groups excluding carboxylic acids is 1. The van der Waals surface area contributed by atoms with Crippen LogP contribution in [0.25, 0.3) is 10.9 Å². The largest absolute Gasteiger partial charge is 0.309 e. The second kappa shape index (κ2) is 6.84. The molecule has 0 fully saturated rings. The molecule has 1 unspecified atom stereocenters. The predicted molar refractivity (Wildman–Crippen MR) is 107 cm³/mol. The monoisotopic (exact) mass is 383 g/mol. The summed E-state index contributed by atoms with van der Waals surface area (Å²) in [5, 5.41) is 8.00. The van der Waals surface area contributed by atoms with E-state index in [-0.39, 0.29) is 17.4 Å². The van der Waals surface area contributed by atoms with E-state index in [1.54, 1.807) is 34.6 Å². The first kappa shape index (κ1) is 17.8. The molecular formula is C19H21N5O2S. The van der Waals surface area contributed by atoms with Gasteiger partial charge in [0.1, 0.15) is 11.9 Å². The normalized spacial score (nSPS) is 14.5. The Bertz CT molecular complexity index is 1090. The maximum atomic E-state index is 13.1. The van der Waals surface area contributed by atoms with Crippen molar-refractivity contribution in [2.75, 3.05) is 5.32 Å². The van der Waals surface area contributed by atoms with Crippen LogP contribution in [0.4, 0.5) is 5.82 Å². The SMILES string of the molecule is CC(C)C(C(=O)Nc1c2c(nn1C)CSC2)n1cnc2ccccc2c1=O. The van der Waals surface area contributed by atoms with Crippen molar-refractivity contribution in [1.29, 1.82) is 0 Å². The summed E-state index contributed by atoms with van der Waals surface area (Å²) in [6, 6.07) is 6.52. The van der Waals surface area contributed by atoms with Crippen molar-refractivity contribution in [3.63, 3.8) is 0 Å². The van der Waals surface area contributed by atoms with Crippen molar-refractivity contribution in [1.82, 2.24) is 19.3 Å². The minimum Gasteiger partial charge on any atom is -0.309 e. The Balaban J connectivity index is 1.73. The van der Waals surface area contributed by atoms with Gasteiger partial charge in [0.2, 0.25) is 5.91 Å². The molecule has 1 amide bonds. The summed E-state index contributed by atoms with van der Waals surface area (Å²) in [6.07, 6.45) is 1.47. The van der Waals surface area contributed by atoms with Crippen LogP contribution < -0.4 is 10.9 Å². The molecule has 140 valence electrons. The number of benzene rings is 1. The highest BCUT2D eigenvalue weighted by atomic mass is 32.2. The number of fused-ring (bicyclic) bond motifs is 2. The number of rotatable bonds is 4. The highest BCUT2D eigenvalue weighted by Gasteiger charge is 2.29. The summed E-state index contributed by atoms with van der Waals surface area (Å²) in [7, 11) is 1.83. The van der Waals surface area contributed by atoms with Crippen molar-refractivity contribution >= 4 is 34.4 Å². The molecule has 0 saturated carbocycles. The number of hydrogen-bond donors (Lipinski definition) is 1. The number of thioether (sulfide) groups is 1. The summed E-state index contributed by atoms with van der Waals surface area (Å²) in [5.74, 6) is 2.10. The Hall–Kier alpha value is -2.61. The lowest BCUT2D eigenvalue weighted by molar-refractivity contribution is -0.120. The third kappa shape index (κ3) is 3.03. The molecule has 1 atom stereocenters. The van der Waals surface area contributed by atoms with E-state index in [4.69, 9.17) is 0 Å². The van der Waals surface area contributed by atoms with Gasteiger partial charge < -0.3 is 5.32 Å². The fraction of sp³-hybridized carbons (Fsp3) is 0.368. The number of carbonyl (C=O) groups is 1. The van der Waals surface area contributed by atoms with E-state index < -0.39 is 6.04 Å². The molecule has 0 spiro atoms. The number of para-hydroxylation sites is 1. The molecule has 0 bridgehead atoms. The van der Waals surface area contributed by atoms with E-state index in [2.05, 4.69) is 15.4 Å². The first-order valence-electron chi connectivity index (χ1n) is 8.86. The van der Waals surface area contributed by atoms with Gasteiger partial charge in [-0.05, 0) is 18.1 Å². The molecule has 27 heavy (non-hydrogen) atoms. The molecule has 0 radical (unpaired) electrons. The second-order valence-corrected chi connectivity index (χ2v) is 8.03. The quantitative estimate of drug-likeness (QED) is 0.749. The fourth-order valence-corrected chi connectivity index (χ4v) is 4.55. The smallest absolute Gasteiger partial charge is 0.261 e. The lowest BCUT2D eigenvalue weighted by Crippen LogP contribution is -2.37. The average Bonchev–Trinajstić information content (AvgIpc) is 3.20. The number of aromatic nitrogens is 4. The molecular weight excluding hydrogens is 362 g/mol. The maximum Gasteiger partial charge on any atom is 0.261 e. The fourth-order valence-electron chi connectivity index (χ4n) is 3.52. The third-order valence-corrected chi connectivity index (χ3v) is 5.82. The van der Waals surface area contributed by atoms with Crippen LogP contribution >= 0.6 is 11.8 Å². The van der Waals surface area contributed by atoms with Crippen LogP contribution in [0.3, 0.4) is 0 Å². The summed E-state index contributed by atoms with van der Waals surface area (Å²) in [6.45, 7) is 3.85. The lowest BCUT2D eigenvalue weighted by Gasteiger charge is -2.23. The van der Waals surface area contributed by atoms with Gasteiger partial charge in [0.25, 0.3) is 5.56 Å². The van der Waals surface area contributed by atoms with E-state index in [1.807, 2.05) is 27.0 Å². The van der Waals surface area contributed by atoms with Crippen LogP contribution in [0.15, 0.2) is 35.4 Å². The van der Waals surface area contributed by atoms with Gasteiger partial charge in [-0.2, -0.15) is 16.9 Å². The van der Waals surface area contributed by atoms with Gasteiger partial charge in [0, 0.05) is 24.1 Å². The first-order chi connectivity index (χ1) is 13.0. The molecule has 0 aliphatic carbocycles. The Morgan fingerprint density at radius 2 is 2.04 bits per heavy atom. The van der Waals surface area contributed by atoms with Crippen LogP contribution in [0.1, 0.15) is 31.1 Å². The first-order valence-corrected chi connectivity index (χ1v) is 10.0. The molecule has 2 aromatic heterocycles. The molecule has 3 aromatic rings. The zero-order valence-corrected chi connectivity index (χ0v) is 16.3. The number of amides is 1. The number of nitrogens with zero attached hydrogens (tertiary/aromatic N) is 4. The molecule has 1 aliphatic rings. The molecule has 3 heterocycles. The van der Waals surface area contributed by atoms with Gasteiger partial charge in [0.05, 0.1) is 22.9 Å². The van der Waals surface area contributed by atoms with E-state index >= 15 is 0 Å². The van der Waals surface area contributed by atoms with Crippen LogP contribution in [0.2, 0.25) is 0 Å². The molecule has 1 N–H and O–H groups in total. The molecule has 1 aliphatic heterocycles. The summed E-state index contributed by atoms with van der Waals surface area (Å²) in [5.41, 5.74) is 2.51. The minimum absolute atomic E-state index is 0.0821. The number of aryl methyl sites for hydroxylation is 1. The van der Waals surface area contributed by atoms with Crippen LogP contribution in [-0.4, -0.2) is 25.2 Å². The number of hydrogen-bond acceptors (Lipinski definition) is 5. The Morgan fingerprint density at radius 3 is 2.81 bits per heavy atom. The lowest BCUT2D eigenvalue weighted by atomic mass is 10.0. The van der Waals surface area contributed by atoms with Crippen LogP contribution in [0, 0.1) is 5.92 Å². The van der Waals surface area contributed by atoms with Crippen molar-refractivity contribution in [2.24, 2.45) is 13.0 Å². The topological polar surface area (TPSA) is 81.8 Å². The molecule has 1 aromatic carbocycles.